The van der Waals surface area contributed by atoms with Gasteiger partial charge in [-0.15, -0.1) is 0 Å². The van der Waals surface area contributed by atoms with Crippen LogP contribution in [0.1, 0.15) is 149 Å². The van der Waals surface area contributed by atoms with Crippen molar-refractivity contribution in [3.05, 3.63) is 0 Å². The highest BCUT2D eigenvalue weighted by atomic mass is 16.5. The van der Waals surface area contributed by atoms with Gasteiger partial charge in [-0.2, -0.15) is 0 Å². The molecule has 0 rings (SSSR count). The normalized spacial score (nSPS) is 14.9. The first-order valence-electron chi connectivity index (χ1n) is 15.6. The van der Waals surface area contributed by atoms with Crippen LogP contribution in [-0.2, 0) is 14.3 Å². The number of carbonyl (C=O) groups is 2. The van der Waals surface area contributed by atoms with Gasteiger partial charge in [0.15, 0.2) is 5.78 Å². The zero-order chi connectivity index (χ0) is 27.7. The first kappa shape index (κ1) is 36.2. The van der Waals surface area contributed by atoms with Crippen molar-refractivity contribution in [2.75, 3.05) is 13.2 Å². The lowest BCUT2D eigenvalue weighted by Crippen LogP contribution is -2.45. The van der Waals surface area contributed by atoms with Crippen LogP contribution >= 0.6 is 0 Å². The van der Waals surface area contributed by atoms with Crippen molar-refractivity contribution in [3.63, 3.8) is 0 Å². The Morgan fingerprint density at radius 3 is 1.54 bits per heavy atom. The van der Waals surface area contributed by atoms with Gasteiger partial charge in [-0.25, -0.2) is 0 Å². The second-order valence-electron chi connectivity index (χ2n) is 10.9. The average molecular weight is 529 g/mol. The summed E-state index contributed by atoms with van der Waals surface area (Å²) in [6.45, 7) is 5.66. The van der Waals surface area contributed by atoms with Gasteiger partial charge >= 0.3 is 0 Å². The standard InChI is InChI=1S/C31H60O6/c1-4-7-10-11-12-13-14-15-16-17-20-21-27(28(34)22-18-8-5-2)30(36)31(37-25-26(33)24-32)29(35)23-19-9-6-3/h26-27,30-33,36H,4-25H2,1-3H3. The summed E-state index contributed by atoms with van der Waals surface area (Å²) in [7, 11) is 0. The van der Waals surface area contributed by atoms with E-state index < -0.39 is 30.8 Å². The molecule has 0 heterocycles. The van der Waals surface area contributed by atoms with Crippen LogP contribution in [0.2, 0.25) is 0 Å². The van der Waals surface area contributed by atoms with Crippen LogP contribution in [0.25, 0.3) is 0 Å². The maximum Gasteiger partial charge on any atom is 0.164 e. The van der Waals surface area contributed by atoms with Gasteiger partial charge in [0, 0.05) is 18.8 Å². The Balaban J connectivity index is 4.95. The number of ketones is 2. The molecule has 6 heteroatoms. The maximum atomic E-state index is 13.1. The van der Waals surface area contributed by atoms with Crippen LogP contribution < -0.4 is 0 Å². The largest absolute Gasteiger partial charge is 0.394 e. The predicted octanol–water partition coefficient (Wildman–Crippen LogP) is 6.70. The lowest BCUT2D eigenvalue weighted by Gasteiger charge is -2.29. The molecule has 0 radical (unpaired) electrons. The third-order valence-corrected chi connectivity index (χ3v) is 7.30. The van der Waals surface area contributed by atoms with Gasteiger partial charge in [0.05, 0.1) is 19.3 Å². The lowest BCUT2D eigenvalue weighted by molar-refractivity contribution is -0.150. The Hall–Kier alpha value is -0.820. The monoisotopic (exact) mass is 528 g/mol. The SMILES string of the molecule is CCCCCCCCCCCCCC(C(=O)CCCCC)C(O)C(OCC(O)CO)C(=O)CCCCC. The summed E-state index contributed by atoms with van der Waals surface area (Å²) in [5.41, 5.74) is 0. The van der Waals surface area contributed by atoms with Crippen molar-refractivity contribution < 1.29 is 29.6 Å². The van der Waals surface area contributed by atoms with Gasteiger partial charge in [0.2, 0.25) is 0 Å². The number of hydrogen-bond acceptors (Lipinski definition) is 6. The van der Waals surface area contributed by atoms with E-state index in [1.165, 1.54) is 51.4 Å². The molecule has 0 aliphatic carbocycles. The Morgan fingerprint density at radius 2 is 1.05 bits per heavy atom. The van der Waals surface area contributed by atoms with Gasteiger partial charge in [0.1, 0.15) is 18.0 Å². The number of Topliss-reactive ketones (excluding diaryl/α,β-unsaturated/α-hetero) is 2. The van der Waals surface area contributed by atoms with Gasteiger partial charge < -0.3 is 20.1 Å². The highest BCUT2D eigenvalue weighted by molar-refractivity contribution is 5.86. The van der Waals surface area contributed by atoms with Crippen molar-refractivity contribution in [1.29, 1.82) is 0 Å². The molecule has 0 fully saturated rings. The van der Waals surface area contributed by atoms with E-state index in [0.717, 1.165) is 51.4 Å². The Morgan fingerprint density at radius 1 is 0.622 bits per heavy atom. The molecular formula is C31H60O6. The quantitative estimate of drug-likeness (QED) is 0.0976. The molecule has 0 aliphatic heterocycles. The van der Waals surface area contributed by atoms with Crippen molar-refractivity contribution in [3.8, 4) is 0 Å². The number of unbranched alkanes of at least 4 members (excludes halogenated alkanes) is 14. The second kappa shape index (κ2) is 25.5. The number of rotatable bonds is 28. The molecule has 0 aliphatic rings. The topological polar surface area (TPSA) is 104 Å². The molecule has 0 spiro atoms. The number of hydrogen-bond donors (Lipinski definition) is 3. The van der Waals surface area contributed by atoms with Crippen molar-refractivity contribution in [2.45, 2.75) is 167 Å². The number of aliphatic hydroxyl groups excluding tert-OH is 3. The maximum absolute atomic E-state index is 13.1. The summed E-state index contributed by atoms with van der Waals surface area (Å²) in [5.74, 6) is -0.858. The Labute approximate surface area is 228 Å². The first-order valence-corrected chi connectivity index (χ1v) is 15.6. The van der Waals surface area contributed by atoms with Gasteiger partial charge in [-0.3, -0.25) is 9.59 Å². The van der Waals surface area contributed by atoms with E-state index in [9.17, 15) is 19.8 Å². The summed E-state index contributed by atoms with van der Waals surface area (Å²) >= 11 is 0. The summed E-state index contributed by atoms with van der Waals surface area (Å²) in [5, 5.41) is 30.2. The zero-order valence-electron chi connectivity index (χ0n) is 24.4. The third-order valence-electron chi connectivity index (χ3n) is 7.30. The lowest BCUT2D eigenvalue weighted by atomic mass is 9.84. The van der Waals surface area contributed by atoms with E-state index >= 15 is 0 Å². The molecule has 4 atom stereocenters. The first-order chi connectivity index (χ1) is 17.9. The Kier molecular flexibility index (Phi) is 24.9. The molecule has 37 heavy (non-hydrogen) atoms. The average Bonchev–Trinajstić information content (AvgIpc) is 2.89. The predicted molar refractivity (Wildman–Crippen MR) is 152 cm³/mol. The smallest absolute Gasteiger partial charge is 0.164 e. The fourth-order valence-electron chi connectivity index (χ4n) is 4.84. The minimum Gasteiger partial charge on any atom is -0.394 e. The minimum atomic E-state index is -1.22. The summed E-state index contributed by atoms with van der Waals surface area (Å²) in [6.07, 6.45) is 16.4. The fourth-order valence-corrected chi connectivity index (χ4v) is 4.84. The van der Waals surface area contributed by atoms with Gasteiger partial charge in [0.25, 0.3) is 0 Å². The van der Waals surface area contributed by atoms with Crippen molar-refractivity contribution in [1.82, 2.24) is 0 Å². The Bertz CT molecular complexity index is 538. The zero-order valence-corrected chi connectivity index (χ0v) is 24.4. The van der Waals surface area contributed by atoms with Crippen molar-refractivity contribution in [2.24, 2.45) is 5.92 Å². The highest BCUT2D eigenvalue weighted by Crippen LogP contribution is 2.24. The molecule has 6 nitrogen and oxygen atoms in total. The molecule has 0 saturated carbocycles. The number of carbonyl (C=O) groups excluding carboxylic acids is 2. The van der Waals surface area contributed by atoms with E-state index in [4.69, 9.17) is 9.84 Å². The summed E-state index contributed by atoms with van der Waals surface area (Å²) in [4.78, 5) is 26.1. The number of ether oxygens (including phenoxy) is 1. The molecule has 3 N–H and O–H groups in total. The van der Waals surface area contributed by atoms with Crippen LogP contribution in [0.3, 0.4) is 0 Å². The van der Waals surface area contributed by atoms with E-state index in [-0.39, 0.29) is 24.6 Å². The third kappa shape index (κ3) is 19.0. The van der Waals surface area contributed by atoms with E-state index in [1.807, 2.05) is 0 Å². The summed E-state index contributed by atoms with van der Waals surface area (Å²) < 4.78 is 5.65. The summed E-state index contributed by atoms with van der Waals surface area (Å²) in [6, 6.07) is 0. The van der Waals surface area contributed by atoms with Gasteiger partial charge in [-0.1, -0.05) is 117 Å². The molecule has 0 aromatic carbocycles. The van der Waals surface area contributed by atoms with Crippen LogP contribution in [0.15, 0.2) is 0 Å². The fraction of sp³-hybridized carbons (Fsp3) is 0.935. The number of aliphatic hydroxyl groups is 3. The molecule has 220 valence electrons. The molecular weight excluding hydrogens is 468 g/mol. The molecule has 0 saturated heterocycles. The molecule has 0 amide bonds. The van der Waals surface area contributed by atoms with Crippen molar-refractivity contribution >= 4 is 11.6 Å². The van der Waals surface area contributed by atoms with E-state index in [2.05, 4.69) is 20.8 Å². The van der Waals surface area contributed by atoms with Crippen LogP contribution in [0.4, 0.5) is 0 Å². The minimum absolute atomic E-state index is 0.00527. The second-order valence-corrected chi connectivity index (χ2v) is 10.9. The van der Waals surface area contributed by atoms with Gasteiger partial charge in [-0.05, 0) is 19.3 Å². The van der Waals surface area contributed by atoms with Crippen LogP contribution in [-0.4, -0.2) is 58.4 Å². The highest BCUT2D eigenvalue weighted by Gasteiger charge is 2.36. The van der Waals surface area contributed by atoms with Crippen LogP contribution in [0, 0.1) is 5.92 Å². The molecule has 0 aromatic heterocycles. The van der Waals surface area contributed by atoms with E-state index in [0.29, 0.717) is 19.3 Å². The molecule has 4 unspecified atom stereocenters. The molecule has 0 bridgehead atoms. The van der Waals surface area contributed by atoms with Crippen LogP contribution in [0.5, 0.6) is 0 Å². The van der Waals surface area contributed by atoms with E-state index in [1.54, 1.807) is 0 Å². The molecule has 0 aromatic rings.